The number of ether oxygens (including phenoxy) is 1. The molecule has 0 spiro atoms. The van der Waals surface area contributed by atoms with E-state index < -0.39 is 22.9 Å². The van der Waals surface area contributed by atoms with Gasteiger partial charge in [0, 0.05) is 38.8 Å². The van der Waals surface area contributed by atoms with E-state index in [1.165, 1.54) is 17.0 Å². The molecule has 2 aromatic rings. The van der Waals surface area contributed by atoms with Gasteiger partial charge in [0.05, 0.1) is 10.5 Å². The highest BCUT2D eigenvalue weighted by molar-refractivity contribution is 5.94. The first kappa shape index (κ1) is 22.3. The molecule has 8 heteroatoms. The quantitative estimate of drug-likeness (QED) is 0.395. The average Bonchev–Trinajstić information content (AvgIpc) is 3.06. The number of anilines is 1. The van der Waals surface area contributed by atoms with Crippen molar-refractivity contribution in [1.29, 1.82) is 0 Å². The van der Waals surface area contributed by atoms with Gasteiger partial charge in [-0.3, -0.25) is 14.9 Å². The van der Waals surface area contributed by atoms with Crippen molar-refractivity contribution in [3.63, 3.8) is 0 Å². The van der Waals surface area contributed by atoms with Gasteiger partial charge in [-0.05, 0) is 25.0 Å². The van der Waals surface area contributed by atoms with E-state index in [0.717, 1.165) is 38.8 Å². The van der Waals surface area contributed by atoms with Crippen LogP contribution < -0.4 is 4.90 Å². The van der Waals surface area contributed by atoms with Gasteiger partial charge in [-0.1, -0.05) is 43.2 Å². The van der Waals surface area contributed by atoms with Gasteiger partial charge >= 0.3 is 5.97 Å². The molecule has 1 atom stereocenters. The summed E-state index contributed by atoms with van der Waals surface area (Å²) in [6.45, 7) is 1.50. The molecule has 1 amide bonds. The van der Waals surface area contributed by atoms with E-state index in [0.29, 0.717) is 11.3 Å². The fraction of sp³-hybridized carbons (Fsp3) is 0.391. The summed E-state index contributed by atoms with van der Waals surface area (Å²) in [7, 11) is 3.15. The molecule has 1 unspecified atom stereocenters. The second-order valence-electron chi connectivity index (χ2n) is 7.79. The van der Waals surface area contributed by atoms with Crippen LogP contribution in [0.4, 0.5) is 11.4 Å². The Balaban J connectivity index is 1.88. The SMILES string of the molecule is CN(C)C(=O)C(OC(=O)c1ccc(N2CCCCCC2)c([N+](=O)[O-])c1)c1ccccc1. The van der Waals surface area contributed by atoms with Crippen LogP contribution in [0.15, 0.2) is 48.5 Å². The first-order valence-electron chi connectivity index (χ1n) is 10.4. The molecular formula is C23H27N3O5. The molecule has 3 rings (SSSR count). The Labute approximate surface area is 181 Å². The van der Waals surface area contributed by atoms with Gasteiger partial charge in [0.25, 0.3) is 11.6 Å². The lowest BCUT2D eigenvalue weighted by molar-refractivity contribution is -0.384. The highest BCUT2D eigenvalue weighted by Gasteiger charge is 2.29. The molecule has 8 nitrogen and oxygen atoms in total. The maximum absolute atomic E-state index is 12.8. The Kier molecular flexibility index (Phi) is 7.23. The predicted molar refractivity (Wildman–Crippen MR) is 117 cm³/mol. The van der Waals surface area contributed by atoms with E-state index in [2.05, 4.69) is 0 Å². The Morgan fingerprint density at radius 2 is 1.68 bits per heavy atom. The minimum absolute atomic E-state index is 0.0396. The van der Waals surface area contributed by atoms with Crippen molar-refractivity contribution in [2.45, 2.75) is 31.8 Å². The van der Waals surface area contributed by atoms with E-state index in [4.69, 9.17) is 4.74 Å². The van der Waals surface area contributed by atoms with Crippen molar-refractivity contribution in [1.82, 2.24) is 4.90 Å². The number of likely N-dealkylation sites (N-methyl/N-ethyl adjacent to an activating group) is 1. The van der Waals surface area contributed by atoms with Crippen LogP contribution in [0.1, 0.15) is 47.7 Å². The van der Waals surface area contributed by atoms with E-state index >= 15 is 0 Å². The summed E-state index contributed by atoms with van der Waals surface area (Å²) in [6.07, 6.45) is 3.04. The van der Waals surface area contributed by atoms with Gasteiger partial charge in [-0.25, -0.2) is 4.79 Å². The first-order valence-corrected chi connectivity index (χ1v) is 10.4. The molecule has 1 fully saturated rings. The smallest absolute Gasteiger partial charge is 0.339 e. The number of benzene rings is 2. The van der Waals surface area contributed by atoms with Crippen molar-refractivity contribution in [3.05, 3.63) is 69.8 Å². The highest BCUT2D eigenvalue weighted by Crippen LogP contribution is 2.32. The molecule has 31 heavy (non-hydrogen) atoms. The predicted octanol–water partition coefficient (Wildman–Crippen LogP) is 3.96. The molecule has 1 aliphatic rings. The summed E-state index contributed by atoms with van der Waals surface area (Å²) in [5.41, 5.74) is 0.946. The number of nitrogens with zero attached hydrogens (tertiary/aromatic N) is 3. The summed E-state index contributed by atoms with van der Waals surface area (Å²) in [5, 5.41) is 11.7. The average molecular weight is 425 g/mol. The number of nitro benzene ring substituents is 1. The minimum Gasteiger partial charge on any atom is -0.444 e. The van der Waals surface area contributed by atoms with Crippen LogP contribution in [0.3, 0.4) is 0 Å². The minimum atomic E-state index is -1.13. The number of amides is 1. The largest absolute Gasteiger partial charge is 0.444 e. The van der Waals surface area contributed by atoms with Crippen LogP contribution in [0.25, 0.3) is 0 Å². The highest BCUT2D eigenvalue weighted by atomic mass is 16.6. The van der Waals surface area contributed by atoms with Crippen LogP contribution >= 0.6 is 0 Å². The molecule has 1 saturated heterocycles. The van der Waals surface area contributed by atoms with Crippen LogP contribution in [0.2, 0.25) is 0 Å². The lowest BCUT2D eigenvalue weighted by Gasteiger charge is -2.23. The molecule has 1 aliphatic heterocycles. The van der Waals surface area contributed by atoms with Crippen LogP contribution in [0.5, 0.6) is 0 Å². The number of hydrogen-bond donors (Lipinski definition) is 0. The van der Waals surface area contributed by atoms with E-state index in [1.54, 1.807) is 50.5 Å². The zero-order chi connectivity index (χ0) is 22.4. The van der Waals surface area contributed by atoms with Gasteiger partial charge in [-0.15, -0.1) is 0 Å². The standard InChI is InChI=1S/C23H27N3O5/c1-24(2)22(27)21(17-10-6-5-7-11-17)31-23(28)18-12-13-19(20(16-18)26(29)30)25-14-8-3-4-9-15-25/h5-7,10-13,16,21H,3-4,8-9,14-15H2,1-2H3. The summed E-state index contributed by atoms with van der Waals surface area (Å²) in [4.78, 5) is 40.1. The van der Waals surface area contributed by atoms with Gasteiger partial charge in [0.2, 0.25) is 6.10 Å². The van der Waals surface area contributed by atoms with Crippen LogP contribution in [-0.2, 0) is 9.53 Å². The maximum atomic E-state index is 12.8. The number of hydrogen-bond acceptors (Lipinski definition) is 6. The molecule has 0 radical (unpaired) electrons. The first-order chi connectivity index (χ1) is 14.9. The van der Waals surface area contributed by atoms with E-state index in [9.17, 15) is 19.7 Å². The van der Waals surface area contributed by atoms with Crippen molar-refractivity contribution < 1.29 is 19.2 Å². The third kappa shape index (κ3) is 5.39. The third-order valence-corrected chi connectivity index (χ3v) is 5.35. The van der Waals surface area contributed by atoms with Crippen molar-refractivity contribution in [2.24, 2.45) is 0 Å². The molecule has 2 aromatic carbocycles. The molecule has 164 valence electrons. The topological polar surface area (TPSA) is 93.0 Å². The number of rotatable bonds is 6. The molecule has 0 N–H and O–H groups in total. The molecule has 0 aliphatic carbocycles. The summed E-state index contributed by atoms with van der Waals surface area (Å²) < 4.78 is 5.52. The monoisotopic (exact) mass is 425 g/mol. The van der Waals surface area contributed by atoms with Crippen LogP contribution in [0, 0.1) is 10.1 Å². The Morgan fingerprint density at radius 3 is 2.26 bits per heavy atom. The summed E-state index contributed by atoms with van der Waals surface area (Å²) in [5.74, 6) is -1.18. The van der Waals surface area contributed by atoms with Crippen molar-refractivity contribution >= 4 is 23.3 Å². The fourth-order valence-electron chi connectivity index (χ4n) is 3.67. The van der Waals surface area contributed by atoms with Gasteiger partial charge in [-0.2, -0.15) is 0 Å². The van der Waals surface area contributed by atoms with E-state index in [1.807, 2.05) is 4.90 Å². The normalized spacial score (nSPS) is 15.0. The fourth-order valence-corrected chi connectivity index (χ4v) is 3.67. The molecule has 0 saturated carbocycles. The zero-order valence-corrected chi connectivity index (χ0v) is 17.8. The Bertz CT molecular complexity index is 937. The summed E-state index contributed by atoms with van der Waals surface area (Å²) in [6, 6.07) is 13.1. The lowest BCUT2D eigenvalue weighted by Crippen LogP contribution is -2.31. The van der Waals surface area contributed by atoms with Gasteiger partial charge in [0.1, 0.15) is 5.69 Å². The number of carbonyl (C=O) groups is 2. The van der Waals surface area contributed by atoms with Crippen molar-refractivity contribution in [2.75, 3.05) is 32.1 Å². The van der Waals surface area contributed by atoms with E-state index in [-0.39, 0.29) is 11.3 Å². The van der Waals surface area contributed by atoms with Gasteiger partial charge < -0.3 is 14.5 Å². The lowest BCUT2D eigenvalue weighted by atomic mass is 10.1. The Hall–Kier alpha value is -3.42. The summed E-state index contributed by atoms with van der Waals surface area (Å²) >= 11 is 0. The maximum Gasteiger partial charge on any atom is 0.339 e. The van der Waals surface area contributed by atoms with Crippen LogP contribution in [-0.4, -0.2) is 48.9 Å². The third-order valence-electron chi connectivity index (χ3n) is 5.35. The molecule has 1 heterocycles. The molecular weight excluding hydrogens is 398 g/mol. The number of esters is 1. The van der Waals surface area contributed by atoms with Gasteiger partial charge in [0.15, 0.2) is 0 Å². The second kappa shape index (κ2) is 10.1. The molecule has 0 aromatic heterocycles. The number of nitro groups is 1. The second-order valence-corrected chi connectivity index (χ2v) is 7.79. The van der Waals surface area contributed by atoms with Crippen molar-refractivity contribution in [3.8, 4) is 0 Å². The number of carbonyl (C=O) groups excluding carboxylic acids is 2. The molecule has 0 bridgehead atoms. The Morgan fingerprint density at radius 1 is 1.03 bits per heavy atom. The zero-order valence-electron chi connectivity index (χ0n) is 17.8.